The van der Waals surface area contributed by atoms with Crippen LogP contribution in [0.15, 0.2) is 22.8 Å². The minimum Gasteiger partial charge on any atom is -0.462 e. The molecule has 2 heterocycles. The lowest BCUT2D eigenvalue weighted by Crippen LogP contribution is -2.04. The summed E-state index contributed by atoms with van der Waals surface area (Å²) in [7, 11) is 0. The molecule has 1 aromatic heterocycles. The molecule has 74 valence electrons. The maximum absolute atomic E-state index is 11.2. The van der Waals surface area contributed by atoms with Gasteiger partial charge in [-0.1, -0.05) is 0 Å². The molecule has 0 saturated carbocycles. The fourth-order valence-electron chi connectivity index (χ4n) is 1.30. The van der Waals surface area contributed by atoms with Gasteiger partial charge in [0.25, 0.3) is 0 Å². The zero-order valence-electron chi connectivity index (χ0n) is 7.74. The second-order valence-electron chi connectivity index (χ2n) is 2.95. The normalized spacial score (nSPS) is 19.4. The van der Waals surface area contributed by atoms with Gasteiger partial charge in [0.15, 0.2) is 5.13 Å². The van der Waals surface area contributed by atoms with E-state index in [0.29, 0.717) is 13.0 Å². The van der Waals surface area contributed by atoms with Crippen LogP contribution in [0.4, 0.5) is 5.13 Å². The fourth-order valence-corrected chi connectivity index (χ4v) is 1.88. The van der Waals surface area contributed by atoms with Gasteiger partial charge in [-0.05, 0) is 6.92 Å². The molecule has 1 fully saturated rings. The number of esters is 1. The summed E-state index contributed by atoms with van der Waals surface area (Å²) >= 11 is 1.50. The molecular weight excluding hydrogens is 200 g/mol. The minimum absolute atomic E-state index is 0.216. The number of nitrogens with one attached hydrogen (secondary N) is 1. The first-order valence-electron chi connectivity index (χ1n) is 4.31. The Morgan fingerprint density at radius 3 is 3.14 bits per heavy atom. The molecule has 2 rings (SSSR count). The van der Waals surface area contributed by atoms with Crippen molar-refractivity contribution < 1.29 is 9.53 Å². The number of nitrogens with zero attached hydrogens (tertiary/aromatic N) is 1. The summed E-state index contributed by atoms with van der Waals surface area (Å²) in [6, 6.07) is 0. The van der Waals surface area contributed by atoms with Crippen molar-refractivity contribution in [3.8, 4) is 0 Å². The highest BCUT2D eigenvalue weighted by Crippen LogP contribution is 2.20. The Morgan fingerprint density at radius 2 is 2.57 bits per heavy atom. The molecule has 5 heteroatoms. The number of ether oxygens (including phenoxy) is 1. The second-order valence-corrected chi connectivity index (χ2v) is 3.85. The molecule has 4 nitrogen and oxygen atoms in total. The van der Waals surface area contributed by atoms with Crippen molar-refractivity contribution in [1.82, 2.24) is 4.98 Å². The van der Waals surface area contributed by atoms with Crippen molar-refractivity contribution in [1.29, 1.82) is 0 Å². The molecule has 1 aliphatic heterocycles. The van der Waals surface area contributed by atoms with Crippen molar-refractivity contribution in [2.24, 2.45) is 0 Å². The Morgan fingerprint density at radius 1 is 1.71 bits per heavy atom. The predicted octanol–water partition coefficient (Wildman–Crippen LogP) is 1.78. The lowest BCUT2D eigenvalue weighted by atomic mass is 10.2. The van der Waals surface area contributed by atoms with E-state index in [-0.39, 0.29) is 5.97 Å². The number of carbonyl (C=O) groups is 1. The van der Waals surface area contributed by atoms with Crippen LogP contribution in [0.25, 0.3) is 0 Å². The number of allylic oxidation sites excluding steroid dienone is 1. The lowest BCUT2D eigenvalue weighted by Gasteiger charge is -2.03. The van der Waals surface area contributed by atoms with Gasteiger partial charge >= 0.3 is 5.97 Å². The number of cyclic esters (lactones) is 1. The Balaban J connectivity index is 2.15. The largest absolute Gasteiger partial charge is 0.462 e. The van der Waals surface area contributed by atoms with Gasteiger partial charge in [0, 0.05) is 23.7 Å². The van der Waals surface area contributed by atoms with E-state index >= 15 is 0 Å². The third-order valence-corrected chi connectivity index (χ3v) is 2.70. The van der Waals surface area contributed by atoms with Crippen molar-refractivity contribution in [3.05, 3.63) is 22.8 Å². The molecule has 14 heavy (non-hydrogen) atoms. The van der Waals surface area contributed by atoms with Crippen molar-refractivity contribution in [2.75, 3.05) is 11.9 Å². The molecule has 1 aliphatic rings. The van der Waals surface area contributed by atoms with Gasteiger partial charge in [0.05, 0.1) is 12.2 Å². The maximum Gasteiger partial charge on any atom is 0.335 e. The Hall–Kier alpha value is -1.36. The van der Waals surface area contributed by atoms with E-state index in [1.165, 1.54) is 11.3 Å². The summed E-state index contributed by atoms with van der Waals surface area (Å²) in [6.07, 6.45) is 2.40. The minimum atomic E-state index is -0.216. The van der Waals surface area contributed by atoms with E-state index in [0.717, 1.165) is 16.4 Å². The summed E-state index contributed by atoms with van der Waals surface area (Å²) in [5.41, 5.74) is 1.56. The van der Waals surface area contributed by atoms with Gasteiger partial charge in [-0.3, -0.25) is 0 Å². The highest BCUT2D eigenvalue weighted by Gasteiger charge is 2.21. The molecule has 0 bridgehead atoms. The van der Waals surface area contributed by atoms with E-state index in [1.54, 1.807) is 6.20 Å². The highest BCUT2D eigenvalue weighted by molar-refractivity contribution is 7.13. The first-order chi connectivity index (χ1) is 6.77. The summed E-state index contributed by atoms with van der Waals surface area (Å²) < 4.78 is 4.85. The fraction of sp³-hybridized carbons (Fsp3) is 0.333. The van der Waals surface area contributed by atoms with Crippen LogP contribution < -0.4 is 5.32 Å². The van der Waals surface area contributed by atoms with Crippen LogP contribution >= 0.6 is 11.3 Å². The van der Waals surface area contributed by atoms with Crippen molar-refractivity contribution in [2.45, 2.75) is 13.3 Å². The van der Waals surface area contributed by atoms with Gasteiger partial charge in [-0.2, -0.15) is 0 Å². The Kier molecular flexibility index (Phi) is 2.49. The summed E-state index contributed by atoms with van der Waals surface area (Å²) in [5.74, 6) is -0.216. The molecule has 0 spiro atoms. The highest BCUT2D eigenvalue weighted by atomic mass is 32.1. The second kappa shape index (κ2) is 3.79. The van der Waals surface area contributed by atoms with Crippen LogP contribution in [0.5, 0.6) is 0 Å². The number of aromatic nitrogens is 1. The van der Waals surface area contributed by atoms with E-state index in [9.17, 15) is 4.79 Å². The van der Waals surface area contributed by atoms with Crippen molar-refractivity contribution in [3.63, 3.8) is 0 Å². The monoisotopic (exact) mass is 210 g/mol. The third-order valence-electron chi connectivity index (χ3n) is 2.01. The van der Waals surface area contributed by atoms with Gasteiger partial charge in [-0.15, -0.1) is 11.3 Å². The lowest BCUT2D eigenvalue weighted by molar-refractivity contribution is -0.135. The Bertz CT molecular complexity index is 370. The van der Waals surface area contributed by atoms with E-state index in [4.69, 9.17) is 4.74 Å². The molecule has 0 aromatic carbocycles. The van der Waals surface area contributed by atoms with Crippen LogP contribution in [0.1, 0.15) is 13.3 Å². The van der Waals surface area contributed by atoms with Gasteiger partial charge < -0.3 is 10.1 Å². The molecule has 0 amide bonds. The van der Waals surface area contributed by atoms with Gasteiger partial charge in [0.1, 0.15) is 0 Å². The van der Waals surface area contributed by atoms with Gasteiger partial charge in [-0.25, -0.2) is 9.78 Å². The van der Waals surface area contributed by atoms with Crippen molar-refractivity contribution >= 4 is 22.4 Å². The standard InChI is InChI=1S/C9H10N2O2S/c1-6(7-2-4-13-8(7)12)11-9-10-3-5-14-9/h3,5H,2,4H2,1H3,(H,10,11)/b7-6-. The van der Waals surface area contributed by atoms with Crippen LogP contribution in [0.2, 0.25) is 0 Å². The molecule has 0 aliphatic carbocycles. The molecule has 0 unspecified atom stereocenters. The van der Waals surface area contributed by atoms with E-state index in [2.05, 4.69) is 10.3 Å². The summed E-state index contributed by atoms with van der Waals surface area (Å²) in [4.78, 5) is 15.3. The summed E-state index contributed by atoms with van der Waals surface area (Å²) in [5, 5.41) is 5.76. The molecule has 1 N–H and O–H groups in total. The maximum atomic E-state index is 11.2. The predicted molar refractivity (Wildman–Crippen MR) is 54.0 cm³/mol. The molecule has 0 atom stereocenters. The average molecular weight is 210 g/mol. The van der Waals surface area contributed by atoms with Crippen LogP contribution in [0.3, 0.4) is 0 Å². The first kappa shape index (κ1) is 9.21. The molecule has 1 saturated heterocycles. The van der Waals surface area contributed by atoms with E-state index in [1.807, 2.05) is 12.3 Å². The number of hydrogen-bond donors (Lipinski definition) is 1. The zero-order valence-corrected chi connectivity index (χ0v) is 8.56. The smallest absolute Gasteiger partial charge is 0.335 e. The number of hydrogen-bond acceptors (Lipinski definition) is 5. The summed E-state index contributed by atoms with van der Waals surface area (Å²) in [6.45, 7) is 2.36. The number of thiazole rings is 1. The van der Waals surface area contributed by atoms with Crippen LogP contribution in [-0.2, 0) is 9.53 Å². The number of anilines is 1. The quantitative estimate of drug-likeness (QED) is 0.597. The Labute approximate surface area is 85.6 Å². The van der Waals surface area contributed by atoms with Crippen LogP contribution in [0, 0.1) is 0 Å². The molecule has 1 aromatic rings. The molecule has 0 radical (unpaired) electrons. The third kappa shape index (κ3) is 1.77. The number of carbonyl (C=O) groups excluding carboxylic acids is 1. The number of rotatable bonds is 2. The topological polar surface area (TPSA) is 51.2 Å². The average Bonchev–Trinajstić information content (AvgIpc) is 2.75. The molecular formula is C9H10N2O2S. The SMILES string of the molecule is C/C(Nc1nccs1)=C1\CCOC1=O. The van der Waals surface area contributed by atoms with E-state index < -0.39 is 0 Å². The van der Waals surface area contributed by atoms with Gasteiger partial charge in [0.2, 0.25) is 0 Å². The first-order valence-corrected chi connectivity index (χ1v) is 5.19. The van der Waals surface area contributed by atoms with Crippen LogP contribution in [-0.4, -0.2) is 17.6 Å². The zero-order chi connectivity index (χ0) is 9.97.